The highest BCUT2D eigenvalue weighted by atomic mass is 16.5. The van der Waals surface area contributed by atoms with Crippen LogP contribution in [0.25, 0.3) is 0 Å². The van der Waals surface area contributed by atoms with E-state index in [0.29, 0.717) is 0 Å². The van der Waals surface area contributed by atoms with E-state index in [-0.39, 0.29) is 13.0 Å². The fourth-order valence-corrected chi connectivity index (χ4v) is 1.06. The van der Waals surface area contributed by atoms with Crippen LogP contribution in [0.2, 0.25) is 0 Å². The van der Waals surface area contributed by atoms with Crippen LogP contribution in [-0.4, -0.2) is 35.5 Å². The highest BCUT2D eigenvalue weighted by molar-refractivity contribution is 5.72. The standard InChI is InChI=1S/C11H14O4/c12-7-10(13)8-15-11(14)6-9-4-2-1-3-5-9/h1-5,10,12-13H,6-8H2/t10-/m0/s1. The first-order valence-corrected chi connectivity index (χ1v) is 4.71. The number of aliphatic hydroxyl groups excluding tert-OH is 2. The maximum Gasteiger partial charge on any atom is 0.310 e. The largest absolute Gasteiger partial charge is 0.463 e. The minimum Gasteiger partial charge on any atom is -0.463 e. The van der Waals surface area contributed by atoms with Gasteiger partial charge in [-0.3, -0.25) is 4.79 Å². The number of rotatable bonds is 5. The first kappa shape index (κ1) is 11.7. The molecule has 1 rings (SSSR count). The van der Waals surface area contributed by atoms with Gasteiger partial charge in [0.15, 0.2) is 0 Å². The third-order valence-corrected chi connectivity index (χ3v) is 1.84. The summed E-state index contributed by atoms with van der Waals surface area (Å²) in [5.74, 6) is -0.409. The normalized spacial score (nSPS) is 12.1. The van der Waals surface area contributed by atoms with Crippen LogP contribution in [0.5, 0.6) is 0 Å². The number of esters is 1. The molecule has 2 N–H and O–H groups in total. The predicted octanol–water partition coefficient (Wildman–Crippen LogP) is 0.125. The Labute approximate surface area is 88.1 Å². The summed E-state index contributed by atoms with van der Waals surface area (Å²) in [5, 5.41) is 17.4. The summed E-state index contributed by atoms with van der Waals surface area (Å²) < 4.78 is 4.75. The van der Waals surface area contributed by atoms with Crippen molar-refractivity contribution in [3.05, 3.63) is 35.9 Å². The maximum atomic E-state index is 11.2. The van der Waals surface area contributed by atoms with Crippen molar-refractivity contribution in [2.45, 2.75) is 12.5 Å². The van der Waals surface area contributed by atoms with Gasteiger partial charge in [-0.15, -0.1) is 0 Å². The molecule has 0 fully saturated rings. The lowest BCUT2D eigenvalue weighted by Gasteiger charge is -2.08. The lowest BCUT2D eigenvalue weighted by molar-refractivity contribution is -0.146. The Hall–Kier alpha value is -1.39. The average molecular weight is 210 g/mol. The first-order valence-electron chi connectivity index (χ1n) is 4.71. The number of ether oxygens (including phenoxy) is 1. The van der Waals surface area contributed by atoms with Gasteiger partial charge in [0.2, 0.25) is 0 Å². The van der Waals surface area contributed by atoms with Gasteiger partial charge in [-0.05, 0) is 5.56 Å². The smallest absolute Gasteiger partial charge is 0.310 e. The number of carbonyl (C=O) groups is 1. The zero-order valence-corrected chi connectivity index (χ0v) is 8.30. The molecule has 0 saturated carbocycles. The second-order valence-corrected chi connectivity index (χ2v) is 3.18. The number of aliphatic hydroxyl groups is 2. The summed E-state index contributed by atoms with van der Waals surface area (Å²) >= 11 is 0. The van der Waals surface area contributed by atoms with E-state index in [9.17, 15) is 4.79 Å². The fourth-order valence-electron chi connectivity index (χ4n) is 1.06. The zero-order valence-electron chi connectivity index (χ0n) is 8.30. The van der Waals surface area contributed by atoms with Crippen molar-refractivity contribution in [3.8, 4) is 0 Å². The summed E-state index contributed by atoms with van der Waals surface area (Å²) in [5.41, 5.74) is 0.862. The molecule has 82 valence electrons. The summed E-state index contributed by atoms with van der Waals surface area (Å²) in [6.07, 6.45) is -0.816. The van der Waals surface area contributed by atoms with Gasteiger partial charge in [0.05, 0.1) is 13.0 Å². The van der Waals surface area contributed by atoms with Crippen LogP contribution in [0.4, 0.5) is 0 Å². The van der Waals surface area contributed by atoms with Crippen molar-refractivity contribution in [1.82, 2.24) is 0 Å². The molecule has 0 saturated heterocycles. The fraction of sp³-hybridized carbons (Fsp3) is 0.364. The quantitative estimate of drug-likeness (QED) is 0.678. The Morgan fingerprint density at radius 1 is 1.33 bits per heavy atom. The Bertz CT molecular complexity index is 297. The van der Waals surface area contributed by atoms with Crippen LogP contribution in [0, 0.1) is 0 Å². The number of hydrogen-bond acceptors (Lipinski definition) is 4. The number of carbonyl (C=O) groups excluding carboxylic acids is 1. The zero-order chi connectivity index (χ0) is 11.1. The number of benzene rings is 1. The molecule has 0 unspecified atom stereocenters. The van der Waals surface area contributed by atoms with E-state index in [1.54, 1.807) is 0 Å². The van der Waals surface area contributed by atoms with Crippen molar-refractivity contribution in [3.63, 3.8) is 0 Å². The molecule has 0 spiro atoms. The molecule has 0 heterocycles. The Kier molecular flexibility index (Phi) is 4.80. The van der Waals surface area contributed by atoms with Crippen LogP contribution < -0.4 is 0 Å². The molecular formula is C11H14O4. The van der Waals surface area contributed by atoms with Crippen LogP contribution in [-0.2, 0) is 16.0 Å². The molecule has 0 amide bonds. The topological polar surface area (TPSA) is 66.8 Å². The minimum absolute atomic E-state index is 0.165. The van der Waals surface area contributed by atoms with Gasteiger partial charge in [0.1, 0.15) is 12.7 Å². The monoisotopic (exact) mass is 210 g/mol. The average Bonchev–Trinajstić information content (AvgIpc) is 2.27. The lowest BCUT2D eigenvalue weighted by Crippen LogP contribution is -2.22. The molecule has 0 aliphatic carbocycles. The summed E-state index contributed by atoms with van der Waals surface area (Å²) in [6.45, 7) is -0.569. The van der Waals surface area contributed by atoms with Crippen molar-refractivity contribution < 1.29 is 19.7 Å². The highest BCUT2D eigenvalue weighted by Crippen LogP contribution is 2.00. The second-order valence-electron chi connectivity index (χ2n) is 3.18. The van der Waals surface area contributed by atoms with Crippen LogP contribution in [0.15, 0.2) is 30.3 Å². The van der Waals surface area contributed by atoms with Crippen molar-refractivity contribution in [2.24, 2.45) is 0 Å². The minimum atomic E-state index is -0.996. The van der Waals surface area contributed by atoms with E-state index in [1.165, 1.54) is 0 Å². The van der Waals surface area contributed by atoms with Crippen molar-refractivity contribution in [1.29, 1.82) is 0 Å². The van der Waals surface area contributed by atoms with Crippen LogP contribution in [0.3, 0.4) is 0 Å². The number of hydrogen-bond donors (Lipinski definition) is 2. The van der Waals surface area contributed by atoms with E-state index < -0.39 is 18.7 Å². The molecular weight excluding hydrogens is 196 g/mol. The molecule has 0 aliphatic heterocycles. The van der Waals surface area contributed by atoms with Gasteiger partial charge in [0.25, 0.3) is 0 Å². The Morgan fingerprint density at radius 2 is 2.00 bits per heavy atom. The van der Waals surface area contributed by atoms with E-state index in [1.807, 2.05) is 30.3 Å². The van der Waals surface area contributed by atoms with Gasteiger partial charge in [-0.2, -0.15) is 0 Å². The van der Waals surface area contributed by atoms with Gasteiger partial charge < -0.3 is 14.9 Å². The van der Waals surface area contributed by atoms with Gasteiger partial charge in [0, 0.05) is 0 Å². The molecule has 1 aromatic rings. The van der Waals surface area contributed by atoms with E-state index in [4.69, 9.17) is 14.9 Å². The molecule has 0 radical (unpaired) electrons. The second kappa shape index (κ2) is 6.16. The Balaban J connectivity index is 2.31. The van der Waals surface area contributed by atoms with Gasteiger partial charge in [-0.25, -0.2) is 0 Å². The van der Waals surface area contributed by atoms with Crippen LogP contribution in [0.1, 0.15) is 5.56 Å². The molecule has 1 aromatic carbocycles. The van der Waals surface area contributed by atoms with E-state index >= 15 is 0 Å². The Morgan fingerprint density at radius 3 is 2.60 bits per heavy atom. The molecule has 0 bridgehead atoms. The molecule has 15 heavy (non-hydrogen) atoms. The third-order valence-electron chi connectivity index (χ3n) is 1.84. The third kappa shape index (κ3) is 4.58. The summed E-state index contributed by atoms with van der Waals surface area (Å²) in [7, 11) is 0. The van der Waals surface area contributed by atoms with E-state index in [2.05, 4.69) is 0 Å². The molecule has 4 nitrogen and oxygen atoms in total. The van der Waals surface area contributed by atoms with Crippen LogP contribution >= 0.6 is 0 Å². The first-order chi connectivity index (χ1) is 7.22. The van der Waals surface area contributed by atoms with Gasteiger partial charge in [-0.1, -0.05) is 30.3 Å². The van der Waals surface area contributed by atoms with Crippen molar-refractivity contribution in [2.75, 3.05) is 13.2 Å². The summed E-state index contributed by atoms with van der Waals surface area (Å²) in [6, 6.07) is 9.19. The van der Waals surface area contributed by atoms with Gasteiger partial charge >= 0.3 is 5.97 Å². The molecule has 1 atom stereocenters. The lowest BCUT2D eigenvalue weighted by atomic mass is 10.2. The van der Waals surface area contributed by atoms with Crippen molar-refractivity contribution >= 4 is 5.97 Å². The van der Waals surface area contributed by atoms with E-state index in [0.717, 1.165) is 5.56 Å². The predicted molar refractivity (Wildman–Crippen MR) is 54.2 cm³/mol. The SMILES string of the molecule is O=C(Cc1ccccc1)OC[C@@H](O)CO. The molecule has 0 aliphatic rings. The highest BCUT2D eigenvalue weighted by Gasteiger charge is 2.08. The molecule has 4 heteroatoms. The molecule has 0 aromatic heterocycles. The summed E-state index contributed by atoms with van der Waals surface area (Å²) in [4.78, 5) is 11.2. The maximum absolute atomic E-state index is 11.2.